The molecule has 18 heavy (non-hydrogen) atoms. The SMILES string of the molecule is Cc1ccc(CNc2nc3ccccn3n2)cc1. The summed E-state index contributed by atoms with van der Waals surface area (Å²) in [6.45, 7) is 2.82. The number of nitrogens with one attached hydrogen (secondary N) is 1. The Hall–Kier alpha value is -2.36. The van der Waals surface area contributed by atoms with E-state index in [1.807, 2.05) is 24.4 Å². The van der Waals surface area contributed by atoms with Crippen LogP contribution >= 0.6 is 0 Å². The van der Waals surface area contributed by atoms with E-state index < -0.39 is 0 Å². The van der Waals surface area contributed by atoms with E-state index >= 15 is 0 Å². The van der Waals surface area contributed by atoms with Crippen LogP contribution in [0, 0.1) is 6.92 Å². The molecule has 3 rings (SSSR count). The van der Waals surface area contributed by atoms with Crippen molar-refractivity contribution >= 4 is 11.6 Å². The number of rotatable bonds is 3. The van der Waals surface area contributed by atoms with Gasteiger partial charge in [-0.3, -0.25) is 0 Å². The van der Waals surface area contributed by atoms with Crippen LogP contribution in [-0.2, 0) is 6.54 Å². The van der Waals surface area contributed by atoms with E-state index in [4.69, 9.17) is 0 Å². The van der Waals surface area contributed by atoms with Gasteiger partial charge in [-0.1, -0.05) is 35.9 Å². The van der Waals surface area contributed by atoms with E-state index in [-0.39, 0.29) is 0 Å². The summed E-state index contributed by atoms with van der Waals surface area (Å²) < 4.78 is 1.76. The lowest BCUT2D eigenvalue weighted by molar-refractivity contribution is 0.950. The number of aryl methyl sites for hydroxylation is 1. The lowest BCUT2D eigenvalue weighted by Gasteiger charge is -2.02. The Balaban J connectivity index is 1.74. The van der Waals surface area contributed by atoms with Crippen LogP contribution in [0.2, 0.25) is 0 Å². The summed E-state index contributed by atoms with van der Waals surface area (Å²) in [5, 5.41) is 7.57. The lowest BCUT2D eigenvalue weighted by Crippen LogP contribution is -2.01. The quantitative estimate of drug-likeness (QED) is 0.762. The van der Waals surface area contributed by atoms with Crippen LogP contribution in [-0.4, -0.2) is 14.6 Å². The molecule has 0 atom stereocenters. The molecule has 4 heteroatoms. The first-order chi connectivity index (χ1) is 8.81. The number of anilines is 1. The molecule has 90 valence electrons. The fourth-order valence-corrected chi connectivity index (χ4v) is 1.79. The third kappa shape index (κ3) is 2.18. The van der Waals surface area contributed by atoms with Crippen molar-refractivity contribution in [3.63, 3.8) is 0 Å². The topological polar surface area (TPSA) is 42.2 Å². The predicted octanol–water partition coefficient (Wildman–Crippen LogP) is 2.65. The van der Waals surface area contributed by atoms with E-state index in [0.29, 0.717) is 5.95 Å². The highest BCUT2D eigenvalue weighted by Gasteiger charge is 2.01. The second-order valence-electron chi connectivity index (χ2n) is 4.28. The molecule has 1 N–H and O–H groups in total. The van der Waals surface area contributed by atoms with Crippen molar-refractivity contribution in [2.24, 2.45) is 0 Å². The number of hydrogen-bond acceptors (Lipinski definition) is 3. The monoisotopic (exact) mass is 238 g/mol. The molecule has 0 aliphatic rings. The maximum Gasteiger partial charge on any atom is 0.243 e. The molecule has 0 fully saturated rings. The maximum absolute atomic E-state index is 4.39. The molecular weight excluding hydrogens is 224 g/mol. The number of hydrogen-bond donors (Lipinski definition) is 1. The Morgan fingerprint density at radius 3 is 2.72 bits per heavy atom. The molecule has 0 aliphatic heterocycles. The summed E-state index contributed by atoms with van der Waals surface area (Å²) in [5.41, 5.74) is 3.34. The van der Waals surface area contributed by atoms with Crippen LogP contribution in [0.1, 0.15) is 11.1 Å². The first kappa shape index (κ1) is 10.8. The summed E-state index contributed by atoms with van der Waals surface area (Å²) in [6, 6.07) is 14.3. The van der Waals surface area contributed by atoms with Crippen LogP contribution < -0.4 is 5.32 Å². The maximum atomic E-state index is 4.39. The summed E-state index contributed by atoms with van der Waals surface area (Å²) >= 11 is 0. The number of pyridine rings is 1. The third-order valence-corrected chi connectivity index (χ3v) is 2.81. The molecule has 0 saturated heterocycles. The van der Waals surface area contributed by atoms with E-state index in [0.717, 1.165) is 12.2 Å². The van der Waals surface area contributed by atoms with Gasteiger partial charge < -0.3 is 5.32 Å². The van der Waals surface area contributed by atoms with Gasteiger partial charge in [-0.05, 0) is 24.6 Å². The first-order valence-corrected chi connectivity index (χ1v) is 5.92. The van der Waals surface area contributed by atoms with E-state index in [1.165, 1.54) is 11.1 Å². The molecule has 0 amide bonds. The molecule has 4 nitrogen and oxygen atoms in total. The van der Waals surface area contributed by atoms with Gasteiger partial charge in [-0.2, -0.15) is 4.98 Å². The Morgan fingerprint density at radius 2 is 1.94 bits per heavy atom. The standard InChI is InChI=1S/C14H14N4/c1-11-5-7-12(8-6-11)10-15-14-16-13-4-2-3-9-18(13)17-14/h2-9H,10H2,1H3,(H,15,17). The van der Waals surface area contributed by atoms with E-state index in [2.05, 4.69) is 46.6 Å². The molecule has 3 aromatic rings. The minimum atomic E-state index is 0.654. The largest absolute Gasteiger partial charge is 0.349 e. The second-order valence-corrected chi connectivity index (χ2v) is 4.28. The average Bonchev–Trinajstić information content (AvgIpc) is 2.81. The number of nitrogens with zero attached hydrogens (tertiary/aromatic N) is 3. The lowest BCUT2D eigenvalue weighted by atomic mass is 10.1. The Kier molecular flexibility index (Phi) is 2.68. The van der Waals surface area contributed by atoms with Crippen molar-refractivity contribution in [3.8, 4) is 0 Å². The highest BCUT2D eigenvalue weighted by Crippen LogP contribution is 2.08. The van der Waals surface area contributed by atoms with Crippen molar-refractivity contribution in [2.45, 2.75) is 13.5 Å². The van der Waals surface area contributed by atoms with Gasteiger partial charge in [0.1, 0.15) is 0 Å². The first-order valence-electron chi connectivity index (χ1n) is 5.92. The van der Waals surface area contributed by atoms with Gasteiger partial charge in [-0.15, -0.1) is 5.10 Å². The van der Waals surface area contributed by atoms with Crippen molar-refractivity contribution in [1.82, 2.24) is 14.6 Å². The van der Waals surface area contributed by atoms with E-state index in [9.17, 15) is 0 Å². The zero-order valence-corrected chi connectivity index (χ0v) is 10.2. The smallest absolute Gasteiger partial charge is 0.243 e. The minimum Gasteiger partial charge on any atom is -0.349 e. The van der Waals surface area contributed by atoms with E-state index in [1.54, 1.807) is 4.52 Å². The average molecular weight is 238 g/mol. The molecule has 0 saturated carbocycles. The number of aromatic nitrogens is 3. The molecule has 1 aromatic carbocycles. The Labute approximate surface area is 105 Å². The summed E-state index contributed by atoms with van der Waals surface area (Å²) in [6.07, 6.45) is 1.89. The molecule has 2 aromatic heterocycles. The fourth-order valence-electron chi connectivity index (χ4n) is 1.79. The zero-order valence-electron chi connectivity index (χ0n) is 10.2. The normalized spacial score (nSPS) is 10.7. The van der Waals surface area contributed by atoms with Crippen LogP contribution in [0.5, 0.6) is 0 Å². The van der Waals surface area contributed by atoms with Crippen molar-refractivity contribution < 1.29 is 0 Å². The van der Waals surface area contributed by atoms with Crippen LogP contribution in [0.4, 0.5) is 5.95 Å². The summed E-state index contributed by atoms with van der Waals surface area (Å²) in [4.78, 5) is 4.39. The highest BCUT2D eigenvalue weighted by atomic mass is 15.3. The van der Waals surface area contributed by atoms with Gasteiger partial charge in [0.2, 0.25) is 5.95 Å². The highest BCUT2D eigenvalue weighted by molar-refractivity contribution is 5.43. The van der Waals surface area contributed by atoms with Gasteiger partial charge >= 0.3 is 0 Å². The van der Waals surface area contributed by atoms with Crippen LogP contribution in [0.25, 0.3) is 5.65 Å². The zero-order chi connectivity index (χ0) is 12.4. The van der Waals surface area contributed by atoms with Crippen LogP contribution in [0.15, 0.2) is 48.7 Å². The van der Waals surface area contributed by atoms with Gasteiger partial charge in [-0.25, -0.2) is 4.52 Å². The second kappa shape index (κ2) is 4.49. The Bertz CT molecular complexity index is 622. The fraction of sp³-hybridized carbons (Fsp3) is 0.143. The molecule has 0 bridgehead atoms. The number of fused-ring (bicyclic) bond motifs is 1. The molecular formula is C14H14N4. The van der Waals surface area contributed by atoms with Crippen LogP contribution in [0.3, 0.4) is 0 Å². The minimum absolute atomic E-state index is 0.654. The third-order valence-electron chi connectivity index (χ3n) is 2.81. The van der Waals surface area contributed by atoms with Crippen molar-refractivity contribution in [2.75, 3.05) is 5.32 Å². The van der Waals surface area contributed by atoms with Gasteiger partial charge in [0.25, 0.3) is 0 Å². The molecule has 0 spiro atoms. The molecule has 0 radical (unpaired) electrons. The molecule has 2 heterocycles. The molecule has 0 aliphatic carbocycles. The van der Waals surface area contributed by atoms with Gasteiger partial charge in [0, 0.05) is 12.7 Å². The van der Waals surface area contributed by atoms with Crippen molar-refractivity contribution in [3.05, 3.63) is 59.8 Å². The van der Waals surface area contributed by atoms with Crippen molar-refractivity contribution in [1.29, 1.82) is 0 Å². The molecule has 0 unspecified atom stereocenters. The predicted molar refractivity (Wildman–Crippen MR) is 71.5 cm³/mol. The van der Waals surface area contributed by atoms with Gasteiger partial charge in [0.15, 0.2) is 5.65 Å². The Morgan fingerprint density at radius 1 is 1.11 bits per heavy atom. The summed E-state index contributed by atoms with van der Waals surface area (Å²) in [5.74, 6) is 0.654. The number of benzene rings is 1. The summed E-state index contributed by atoms with van der Waals surface area (Å²) in [7, 11) is 0. The van der Waals surface area contributed by atoms with Gasteiger partial charge in [0.05, 0.1) is 0 Å².